The number of ketones is 1. The van der Waals surface area contributed by atoms with Crippen LogP contribution in [0.5, 0.6) is 0 Å². The number of Topliss-reactive ketones (excluding diaryl/α,β-unsaturated/α-hetero) is 1. The molecule has 0 aliphatic rings. The van der Waals surface area contributed by atoms with Gasteiger partial charge in [0.2, 0.25) is 0 Å². The fourth-order valence-electron chi connectivity index (χ4n) is 1.54. The van der Waals surface area contributed by atoms with Crippen LogP contribution in [-0.4, -0.2) is 10.8 Å². The normalized spacial score (nSPS) is 10.5. The SMILES string of the molecule is CC(=O)Cc1csc(Cc2ccc(Cl)cc2)n1. The van der Waals surface area contributed by atoms with Crippen LogP contribution in [0.25, 0.3) is 0 Å². The van der Waals surface area contributed by atoms with Gasteiger partial charge in [-0.15, -0.1) is 11.3 Å². The Morgan fingerprint density at radius 2 is 2.06 bits per heavy atom. The highest BCUT2D eigenvalue weighted by molar-refractivity contribution is 7.09. The zero-order valence-electron chi connectivity index (χ0n) is 9.44. The Balaban J connectivity index is 2.06. The molecule has 0 fully saturated rings. The van der Waals surface area contributed by atoms with Gasteiger partial charge in [-0.1, -0.05) is 23.7 Å². The zero-order chi connectivity index (χ0) is 12.3. The molecule has 0 aliphatic carbocycles. The van der Waals surface area contributed by atoms with Gasteiger partial charge < -0.3 is 0 Å². The first-order chi connectivity index (χ1) is 8.13. The van der Waals surface area contributed by atoms with Crippen molar-refractivity contribution in [2.24, 2.45) is 0 Å². The molecule has 2 aromatic rings. The summed E-state index contributed by atoms with van der Waals surface area (Å²) < 4.78 is 0. The van der Waals surface area contributed by atoms with Crippen LogP contribution in [0, 0.1) is 0 Å². The molecule has 0 spiro atoms. The summed E-state index contributed by atoms with van der Waals surface area (Å²) in [5.41, 5.74) is 2.05. The number of aromatic nitrogens is 1. The fraction of sp³-hybridized carbons (Fsp3) is 0.231. The molecule has 2 nitrogen and oxygen atoms in total. The van der Waals surface area contributed by atoms with Crippen LogP contribution in [0.1, 0.15) is 23.2 Å². The van der Waals surface area contributed by atoms with Crippen LogP contribution >= 0.6 is 22.9 Å². The van der Waals surface area contributed by atoms with Gasteiger partial charge >= 0.3 is 0 Å². The van der Waals surface area contributed by atoms with Gasteiger partial charge in [0.15, 0.2) is 0 Å². The number of hydrogen-bond acceptors (Lipinski definition) is 3. The molecule has 0 saturated carbocycles. The first kappa shape index (κ1) is 12.3. The van der Waals surface area contributed by atoms with Gasteiger partial charge in [-0.2, -0.15) is 0 Å². The fourth-order valence-corrected chi connectivity index (χ4v) is 2.50. The molecule has 0 N–H and O–H groups in total. The first-order valence-corrected chi connectivity index (χ1v) is 6.56. The molecule has 88 valence electrons. The summed E-state index contributed by atoms with van der Waals surface area (Å²) in [5, 5.41) is 3.72. The quantitative estimate of drug-likeness (QED) is 0.847. The molecule has 1 heterocycles. The Morgan fingerprint density at radius 3 is 2.71 bits per heavy atom. The third-order valence-electron chi connectivity index (χ3n) is 2.30. The van der Waals surface area contributed by atoms with Gasteiger partial charge in [-0.05, 0) is 24.6 Å². The Kier molecular flexibility index (Phi) is 3.92. The average molecular weight is 266 g/mol. The molecule has 0 aliphatic heterocycles. The smallest absolute Gasteiger partial charge is 0.135 e. The lowest BCUT2D eigenvalue weighted by molar-refractivity contribution is -0.116. The van der Waals surface area contributed by atoms with E-state index in [0.717, 1.165) is 22.1 Å². The van der Waals surface area contributed by atoms with Gasteiger partial charge in [-0.25, -0.2) is 4.98 Å². The highest BCUT2D eigenvalue weighted by Crippen LogP contribution is 2.17. The Labute approximate surface area is 109 Å². The highest BCUT2D eigenvalue weighted by atomic mass is 35.5. The molecule has 17 heavy (non-hydrogen) atoms. The molecule has 0 amide bonds. The van der Waals surface area contributed by atoms with Crippen LogP contribution in [0.2, 0.25) is 5.02 Å². The van der Waals surface area contributed by atoms with E-state index in [1.165, 1.54) is 5.56 Å². The van der Waals surface area contributed by atoms with Crippen molar-refractivity contribution in [2.45, 2.75) is 19.8 Å². The van der Waals surface area contributed by atoms with Crippen LogP contribution < -0.4 is 0 Å². The van der Waals surface area contributed by atoms with Crippen LogP contribution in [0.15, 0.2) is 29.6 Å². The molecule has 1 aromatic heterocycles. The second-order valence-electron chi connectivity index (χ2n) is 3.91. The summed E-state index contributed by atoms with van der Waals surface area (Å²) >= 11 is 7.42. The topological polar surface area (TPSA) is 30.0 Å². The minimum atomic E-state index is 0.147. The Hall–Kier alpha value is -1.19. The van der Waals surface area contributed by atoms with Crippen molar-refractivity contribution in [1.29, 1.82) is 0 Å². The van der Waals surface area contributed by atoms with E-state index in [0.29, 0.717) is 6.42 Å². The number of rotatable bonds is 4. The number of benzene rings is 1. The summed E-state index contributed by atoms with van der Waals surface area (Å²) in [6.07, 6.45) is 1.22. The predicted octanol–water partition coefficient (Wildman–Crippen LogP) is 3.52. The van der Waals surface area contributed by atoms with E-state index in [-0.39, 0.29) is 5.78 Å². The predicted molar refractivity (Wildman–Crippen MR) is 70.8 cm³/mol. The van der Waals surface area contributed by atoms with Crippen LogP contribution in [-0.2, 0) is 17.6 Å². The van der Waals surface area contributed by atoms with Crippen molar-refractivity contribution >= 4 is 28.7 Å². The lowest BCUT2D eigenvalue weighted by Crippen LogP contribution is -1.97. The summed E-state index contributed by atoms with van der Waals surface area (Å²) in [4.78, 5) is 15.4. The molecule has 0 saturated heterocycles. The van der Waals surface area contributed by atoms with Crippen molar-refractivity contribution < 1.29 is 4.79 Å². The number of thiazole rings is 1. The van der Waals surface area contributed by atoms with Crippen molar-refractivity contribution in [2.75, 3.05) is 0 Å². The summed E-state index contributed by atoms with van der Waals surface area (Å²) in [6, 6.07) is 7.74. The van der Waals surface area contributed by atoms with Crippen molar-refractivity contribution in [3.63, 3.8) is 0 Å². The van der Waals surface area contributed by atoms with Crippen LogP contribution in [0.3, 0.4) is 0 Å². The summed E-state index contributed by atoms with van der Waals surface area (Å²) in [6.45, 7) is 1.58. The average Bonchev–Trinajstić information content (AvgIpc) is 2.68. The molecule has 0 unspecified atom stereocenters. The van der Waals surface area contributed by atoms with Gasteiger partial charge in [-0.3, -0.25) is 4.79 Å². The number of hydrogen-bond donors (Lipinski definition) is 0. The van der Waals surface area contributed by atoms with E-state index < -0.39 is 0 Å². The molecule has 0 bridgehead atoms. The van der Waals surface area contributed by atoms with Gasteiger partial charge in [0, 0.05) is 23.2 Å². The maximum Gasteiger partial charge on any atom is 0.135 e. The Morgan fingerprint density at radius 1 is 1.35 bits per heavy atom. The molecule has 1 aromatic carbocycles. The third kappa shape index (κ3) is 3.65. The van der Waals surface area contributed by atoms with E-state index in [1.54, 1.807) is 18.3 Å². The minimum absolute atomic E-state index is 0.147. The third-order valence-corrected chi connectivity index (χ3v) is 3.45. The Bertz CT molecular complexity index is 518. The largest absolute Gasteiger partial charge is 0.300 e. The molecular formula is C13H12ClNOS. The van der Waals surface area contributed by atoms with Crippen molar-refractivity contribution in [1.82, 2.24) is 4.98 Å². The number of halogens is 1. The van der Waals surface area contributed by atoms with Crippen molar-refractivity contribution in [3.8, 4) is 0 Å². The first-order valence-electron chi connectivity index (χ1n) is 5.30. The monoisotopic (exact) mass is 265 g/mol. The summed E-state index contributed by atoms with van der Waals surface area (Å²) in [5.74, 6) is 0.147. The van der Waals surface area contributed by atoms with E-state index in [9.17, 15) is 4.79 Å². The van der Waals surface area contributed by atoms with E-state index in [1.807, 2.05) is 29.6 Å². The van der Waals surface area contributed by atoms with E-state index in [4.69, 9.17) is 11.6 Å². The van der Waals surface area contributed by atoms with Crippen molar-refractivity contribution in [3.05, 3.63) is 50.9 Å². The maximum absolute atomic E-state index is 11.0. The van der Waals surface area contributed by atoms with Crippen LogP contribution in [0.4, 0.5) is 0 Å². The van der Waals surface area contributed by atoms with Gasteiger partial charge in [0.05, 0.1) is 10.7 Å². The highest BCUT2D eigenvalue weighted by Gasteiger charge is 2.05. The molecule has 2 rings (SSSR count). The summed E-state index contributed by atoms with van der Waals surface area (Å²) in [7, 11) is 0. The van der Waals surface area contributed by atoms with E-state index >= 15 is 0 Å². The number of carbonyl (C=O) groups excluding carboxylic acids is 1. The minimum Gasteiger partial charge on any atom is -0.300 e. The van der Waals surface area contributed by atoms with Gasteiger partial charge in [0.1, 0.15) is 5.78 Å². The van der Waals surface area contributed by atoms with Gasteiger partial charge in [0.25, 0.3) is 0 Å². The zero-order valence-corrected chi connectivity index (χ0v) is 11.0. The lowest BCUT2D eigenvalue weighted by atomic mass is 10.2. The molecular weight excluding hydrogens is 254 g/mol. The lowest BCUT2D eigenvalue weighted by Gasteiger charge is -1.97. The number of nitrogens with zero attached hydrogens (tertiary/aromatic N) is 1. The van der Waals surface area contributed by atoms with E-state index in [2.05, 4.69) is 4.98 Å². The molecule has 0 atom stereocenters. The standard InChI is InChI=1S/C13H12ClNOS/c1-9(16)6-12-8-17-13(15-12)7-10-2-4-11(14)5-3-10/h2-5,8H,6-7H2,1H3. The maximum atomic E-state index is 11.0. The molecule has 0 radical (unpaired) electrons. The second kappa shape index (κ2) is 5.43. The molecule has 4 heteroatoms. The second-order valence-corrected chi connectivity index (χ2v) is 5.29. The number of carbonyl (C=O) groups is 1.